The smallest absolute Gasteiger partial charge is 0.240 e. The Kier molecular flexibility index (Phi) is 5.61. The molecule has 5 nitrogen and oxygen atoms in total. The molecule has 0 amide bonds. The number of sulfonamides is 1. The van der Waals surface area contributed by atoms with Crippen LogP contribution in [0.3, 0.4) is 0 Å². The highest BCUT2D eigenvalue weighted by atomic mass is 32.2. The van der Waals surface area contributed by atoms with Gasteiger partial charge in [-0.3, -0.25) is 0 Å². The number of nitrogens with one attached hydrogen (secondary N) is 1. The van der Waals surface area contributed by atoms with Crippen LogP contribution in [0.25, 0.3) is 0 Å². The lowest BCUT2D eigenvalue weighted by molar-refractivity contribution is 0.102. The summed E-state index contributed by atoms with van der Waals surface area (Å²) in [4.78, 5) is 0.238. The number of hydrogen-bond donors (Lipinski definition) is 2. The molecule has 0 radical (unpaired) electrons. The number of benzene rings is 1. The van der Waals surface area contributed by atoms with Crippen molar-refractivity contribution >= 4 is 10.0 Å². The maximum atomic E-state index is 12.2. The van der Waals surface area contributed by atoms with Gasteiger partial charge in [-0.15, -0.1) is 0 Å². The fraction of sp³-hybridized carbons (Fsp3) is 0.600. The molecule has 0 aromatic heterocycles. The fourth-order valence-corrected chi connectivity index (χ4v) is 3.76. The number of hydrogen-bond acceptors (Lipinski definition) is 4. The maximum Gasteiger partial charge on any atom is 0.240 e. The van der Waals surface area contributed by atoms with Crippen molar-refractivity contribution < 1.29 is 18.3 Å². The van der Waals surface area contributed by atoms with Gasteiger partial charge in [-0.25, -0.2) is 13.1 Å². The normalized spacial score (nSPS) is 23.0. The van der Waals surface area contributed by atoms with Crippen molar-refractivity contribution in [1.82, 2.24) is 4.72 Å². The van der Waals surface area contributed by atoms with Gasteiger partial charge in [-0.2, -0.15) is 0 Å². The van der Waals surface area contributed by atoms with Crippen molar-refractivity contribution in [2.45, 2.75) is 43.6 Å². The van der Waals surface area contributed by atoms with Crippen LogP contribution in [0, 0.1) is 5.92 Å². The third-order valence-corrected chi connectivity index (χ3v) is 5.20. The standard InChI is InChI=1S/C15H23NO4S/c1-2-20-14-6-8-15(9-7-14)21(18,19)16-11-12-4-3-5-13(17)10-12/h6-9,12-13,16-17H,2-5,10-11H2,1H3. The molecule has 1 aromatic carbocycles. The molecule has 0 bridgehead atoms. The molecule has 1 aliphatic rings. The molecule has 6 heteroatoms. The number of ether oxygens (including phenoxy) is 1. The van der Waals surface area contributed by atoms with Crippen molar-refractivity contribution in [3.8, 4) is 5.75 Å². The zero-order chi connectivity index (χ0) is 15.3. The van der Waals surface area contributed by atoms with Gasteiger partial charge in [0.1, 0.15) is 5.75 Å². The van der Waals surface area contributed by atoms with Crippen LogP contribution in [0.4, 0.5) is 0 Å². The highest BCUT2D eigenvalue weighted by Crippen LogP contribution is 2.24. The van der Waals surface area contributed by atoms with E-state index in [0.717, 1.165) is 19.3 Å². The molecule has 2 rings (SSSR count). The minimum absolute atomic E-state index is 0.214. The fourth-order valence-electron chi connectivity index (χ4n) is 2.64. The summed E-state index contributed by atoms with van der Waals surface area (Å²) in [6, 6.07) is 6.40. The Bertz CT molecular complexity index is 541. The number of rotatable bonds is 6. The monoisotopic (exact) mass is 313 g/mol. The highest BCUT2D eigenvalue weighted by molar-refractivity contribution is 7.89. The second-order valence-electron chi connectivity index (χ2n) is 5.44. The highest BCUT2D eigenvalue weighted by Gasteiger charge is 2.22. The minimum Gasteiger partial charge on any atom is -0.494 e. The van der Waals surface area contributed by atoms with E-state index >= 15 is 0 Å². The topological polar surface area (TPSA) is 75.6 Å². The first-order valence-electron chi connectivity index (χ1n) is 7.42. The summed E-state index contributed by atoms with van der Waals surface area (Å²) in [7, 11) is -3.50. The van der Waals surface area contributed by atoms with Crippen LogP contribution in [0.1, 0.15) is 32.6 Å². The average molecular weight is 313 g/mol. The zero-order valence-corrected chi connectivity index (χ0v) is 13.1. The van der Waals surface area contributed by atoms with Crippen LogP contribution >= 0.6 is 0 Å². The molecule has 0 spiro atoms. The van der Waals surface area contributed by atoms with E-state index in [-0.39, 0.29) is 16.9 Å². The van der Waals surface area contributed by atoms with Gasteiger partial charge in [-0.1, -0.05) is 6.42 Å². The third-order valence-electron chi connectivity index (χ3n) is 3.76. The van der Waals surface area contributed by atoms with Crippen molar-refractivity contribution in [2.75, 3.05) is 13.2 Å². The van der Waals surface area contributed by atoms with E-state index < -0.39 is 10.0 Å². The van der Waals surface area contributed by atoms with Crippen LogP contribution in [0.15, 0.2) is 29.2 Å². The van der Waals surface area contributed by atoms with Crippen LogP contribution in [-0.2, 0) is 10.0 Å². The van der Waals surface area contributed by atoms with E-state index in [1.165, 1.54) is 0 Å². The molecule has 118 valence electrons. The first-order chi connectivity index (χ1) is 10.0. The molecule has 0 aliphatic heterocycles. The summed E-state index contributed by atoms with van der Waals surface area (Å²) < 4.78 is 32.4. The molecule has 2 unspecified atom stereocenters. The second kappa shape index (κ2) is 7.24. The van der Waals surface area contributed by atoms with Crippen molar-refractivity contribution in [1.29, 1.82) is 0 Å². The summed E-state index contributed by atoms with van der Waals surface area (Å²) in [5.74, 6) is 0.873. The Morgan fingerprint density at radius 1 is 1.29 bits per heavy atom. The molecule has 2 N–H and O–H groups in total. The summed E-state index contributed by atoms with van der Waals surface area (Å²) >= 11 is 0. The molecular formula is C15H23NO4S. The molecule has 0 saturated heterocycles. The van der Waals surface area contributed by atoms with Gasteiger partial charge < -0.3 is 9.84 Å². The van der Waals surface area contributed by atoms with E-state index in [0.29, 0.717) is 25.3 Å². The number of aliphatic hydroxyl groups is 1. The first kappa shape index (κ1) is 16.3. The summed E-state index contributed by atoms with van der Waals surface area (Å²) in [5, 5.41) is 9.62. The van der Waals surface area contributed by atoms with E-state index in [1.807, 2.05) is 6.92 Å². The quantitative estimate of drug-likeness (QED) is 0.841. The molecule has 1 aliphatic carbocycles. The summed E-state index contributed by atoms with van der Waals surface area (Å²) in [6.45, 7) is 2.81. The summed E-state index contributed by atoms with van der Waals surface area (Å²) in [5.41, 5.74) is 0. The van der Waals surface area contributed by atoms with Crippen LogP contribution in [-0.4, -0.2) is 32.8 Å². The minimum atomic E-state index is -3.50. The van der Waals surface area contributed by atoms with Gasteiger partial charge in [0, 0.05) is 6.54 Å². The Morgan fingerprint density at radius 2 is 2.00 bits per heavy atom. The number of aliphatic hydroxyl groups excluding tert-OH is 1. The zero-order valence-electron chi connectivity index (χ0n) is 12.3. The van der Waals surface area contributed by atoms with Crippen LogP contribution < -0.4 is 9.46 Å². The SMILES string of the molecule is CCOc1ccc(S(=O)(=O)NCC2CCCC(O)C2)cc1. The van der Waals surface area contributed by atoms with E-state index in [1.54, 1.807) is 24.3 Å². The van der Waals surface area contributed by atoms with Crippen molar-refractivity contribution in [3.63, 3.8) is 0 Å². The Labute approximate surface area is 126 Å². The van der Waals surface area contributed by atoms with Crippen molar-refractivity contribution in [2.24, 2.45) is 5.92 Å². The first-order valence-corrected chi connectivity index (χ1v) is 8.90. The lowest BCUT2D eigenvalue weighted by Crippen LogP contribution is -2.33. The van der Waals surface area contributed by atoms with Crippen LogP contribution in [0.5, 0.6) is 5.75 Å². The molecule has 2 atom stereocenters. The molecule has 1 fully saturated rings. The predicted molar refractivity (Wildman–Crippen MR) is 80.8 cm³/mol. The lowest BCUT2D eigenvalue weighted by Gasteiger charge is -2.25. The Balaban J connectivity index is 1.94. The third kappa shape index (κ3) is 4.69. The van der Waals surface area contributed by atoms with Gasteiger partial charge in [0.2, 0.25) is 10.0 Å². The van der Waals surface area contributed by atoms with Gasteiger partial charge >= 0.3 is 0 Å². The maximum absolute atomic E-state index is 12.2. The van der Waals surface area contributed by atoms with E-state index in [4.69, 9.17) is 4.74 Å². The molecular weight excluding hydrogens is 290 g/mol. The lowest BCUT2D eigenvalue weighted by atomic mass is 9.87. The Hall–Kier alpha value is -1.11. The van der Waals surface area contributed by atoms with Gasteiger partial charge in [0.25, 0.3) is 0 Å². The Morgan fingerprint density at radius 3 is 2.62 bits per heavy atom. The molecule has 0 heterocycles. The second-order valence-corrected chi connectivity index (χ2v) is 7.21. The van der Waals surface area contributed by atoms with Crippen molar-refractivity contribution in [3.05, 3.63) is 24.3 Å². The van der Waals surface area contributed by atoms with E-state index in [9.17, 15) is 13.5 Å². The van der Waals surface area contributed by atoms with Crippen LogP contribution in [0.2, 0.25) is 0 Å². The summed E-state index contributed by atoms with van der Waals surface area (Å²) in [6.07, 6.45) is 3.12. The van der Waals surface area contributed by atoms with Gasteiger partial charge in [0.05, 0.1) is 17.6 Å². The molecule has 21 heavy (non-hydrogen) atoms. The van der Waals surface area contributed by atoms with E-state index in [2.05, 4.69) is 4.72 Å². The molecule has 1 aromatic rings. The van der Waals surface area contributed by atoms with Gasteiger partial charge in [0.15, 0.2) is 0 Å². The predicted octanol–water partition coefficient (Wildman–Crippen LogP) is 1.91. The average Bonchev–Trinajstić information content (AvgIpc) is 2.46. The largest absolute Gasteiger partial charge is 0.494 e. The molecule has 1 saturated carbocycles. The van der Waals surface area contributed by atoms with Gasteiger partial charge in [-0.05, 0) is 56.4 Å².